The van der Waals surface area contributed by atoms with Gasteiger partial charge >= 0.3 is 6.09 Å². The monoisotopic (exact) mass is 235 g/mol. The maximum atomic E-state index is 11.3. The molecule has 0 unspecified atom stereocenters. The van der Waals surface area contributed by atoms with E-state index in [1.807, 2.05) is 6.07 Å². The van der Waals surface area contributed by atoms with E-state index in [2.05, 4.69) is 5.32 Å². The van der Waals surface area contributed by atoms with Gasteiger partial charge in [-0.2, -0.15) is 0 Å². The Balaban J connectivity index is 2.12. The summed E-state index contributed by atoms with van der Waals surface area (Å²) >= 11 is 0. The molecule has 0 atom stereocenters. The van der Waals surface area contributed by atoms with E-state index >= 15 is 0 Å². The van der Waals surface area contributed by atoms with E-state index in [-0.39, 0.29) is 5.84 Å². The molecule has 0 heterocycles. The van der Waals surface area contributed by atoms with Crippen LogP contribution in [0.5, 0.6) is 5.75 Å². The Morgan fingerprint density at radius 1 is 1.29 bits per heavy atom. The summed E-state index contributed by atoms with van der Waals surface area (Å²) in [5, 5.41) is 9.66. The van der Waals surface area contributed by atoms with Crippen LogP contribution >= 0.6 is 0 Å². The zero-order valence-corrected chi connectivity index (χ0v) is 9.61. The predicted octanol–water partition coefficient (Wildman–Crippen LogP) is 1.88. The predicted molar refractivity (Wildman–Crippen MR) is 66.2 cm³/mol. The minimum atomic E-state index is -0.459. The highest BCUT2D eigenvalue weighted by Gasteiger charge is 2.02. The van der Waals surface area contributed by atoms with Crippen molar-refractivity contribution in [2.45, 2.75) is 19.3 Å². The van der Waals surface area contributed by atoms with E-state index in [1.54, 1.807) is 24.3 Å². The Morgan fingerprint density at radius 2 is 2.00 bits per heavy atom. The van der Waals surface area contributed by atoms with Gasteiger partial charge in [-0.3, -0.25) is 5.41 Å². The van der Waals surface area contributed by atoms with Crippen molar-refractivity contribution in [3.8, 4) is 5.75 Å². The number of amidine groups is 1. The molecule has 17 heavy (non-hydrogen) atoms. The van der Waals surface area contributed by atoms with E-state index in [4.69, 9.17) is 15.9 Å². The van der Waals surface area contributed by atoms with Crippen molar-refractivity contribution < 1.29 is 9.53 Å². The van der Waals surface area contributed by atoms with E-state index in [0.29, 0.717) is 18.7 Å². The number of para-hydroxylation sites is 1. The Hall–Kier alpha value is -2.04. The molecule has 0 saturated heterocycles. The van der Waals surface area contributed by atoms with Gasteiger partial charge < -0.3 is 15.8 Å². The van der Waals surface area contributed by atoms with Crippen LogP contribution in [0, 0.1) is 5.41 Å². The number of nitrogens with one attached hydrogen (secondary N) is 2. The van der Waals surface area contributed by atoms with Crippen molar-refractivity contribution in [1.29, 1.82) is 5.41 Å². The lowest BCUT2D eigenvalue weighted by molar-refractivity contribution is 0.200. The Morgan fingerprint density at radius 3 is 2.65 bits per heavy atom. The first-order valence-electron chi connectivity index (χ1n) is 5.52. The maximum absolute atomic E-state index is 11.3. The minimum Gasteiger partial charge on any atom is -0.410 e. The van der Waals surface area contributed by atoms with E-state index in [0.717, 1.165) is 12.8 Å². The lowest BCUT2D eigenvalue weighted by Gasteiger charge is -2.06. The van der Waals surface area contributed by atoms with Crippen LogP contribution in [-0.2, 0) is 0 Å². The van der Waals surface area contributed by atoms with Crippen molar-refractivity contribution in [3.63, 3.8) is 0 Å². The molecule has 0 aliphatic rings. The number of nitrogens with two attached hydrogens (primary N) is 1. The van der Waals surface area contributed by atoms with Crippen molar-refractivity contribution in [3.05, 3.63) is 30.3 Å². The van der Waals surface area contributed by atoms with Gasteiger partial charge in [-0.05, 0) is 25.0 Å². The number of hydrogen-bond acceptors (Lipinski definition) is 3. The average molecular weight is 235 g/mol. The Bertz CT molecular complexity index is 365. The lowest BCUT2D eigenvalue weighted by atomic mass is 10.2. The highest BCUT2D eigenvalue weighted by atomic mass is 16.5. The third kappa shape index (κ3) is 6.19. The minimum absolute atomic E-state index is 0.178. The first kappa shape index (κ1) is 13.0. The van der Waals surface area contributed by atoms with Crippen molar-refractivity contribution in [1.82, 2.24) is 5.32 Å². The summed E-state index contributed by atoms with van der Waals surface area (Å²) in [6.45, 7) is 0.527. The van der Waals surface area contributed by atoms with Gasteiger partial charge in [-0.1, -0.05) is 18.2 Å². The summed E-state index contributed by atoms with van der Waals surface area (Å²) < 4.78 is 5.03. The number of rotatable bonds is 6. The molecule has 0 aromatic heterocycles. The average Bonchev–Trinajstić information content (AvgIpc) is 2.29. The molecule has 0 aliphatic carbocycles. The van der Waals surface area contributed by atoms with Crippen LogP contribution in [0.4, 0.5) is 4.79 Å². The summed E-state index contributed by atoms with van der Waals surface area (Å²) in [4.78, 5) is 11.3. The SMILES string of the molecule is N=C(N)CCCCNC(=O)Oc1ccccc1. The number of carbonyl (C=O) groups is 1. The normalized spacial score (nSPS) is 9.65. The van der Waals surface area contributed by atoms with Crippen LogP contribution in [0.25, 0.3) is 0 Å². The van der Waals surface area contributed by atoms with Crippen LogP contribution in [0.2, 0.25) is 0 Å². The molecule has 1 rings (SSSR count). The van der Waals surface area contributed by atoms with E-state index in [1.165, 1.54) is 0 Å². The molecule has 0 aliphatic heterocycles. The van der Waals surface area contributed by atoms with Crippen LogP contribution in [0.1, 0.15) is 19.3 Å². The molecule has 1 aromatic rings. The molecule has 5 nitrogen and oxygen atoms in total. The van der Waals surface area contributed by atoms with Gasteiger partial charge in [0.15, 0.2) is 0 Å². The molecule has 1 amide bonds. The van der Waals surface area contributed by atoms with E-state index in [9.17, 15) is 4.79 Å². The molecule has 4 N–H and O–H groups in total. The fourth-order valence-corrected chi connectivity index (χ4v) is 1.26. The van der Waals surface area contributed by atoms with Gasteiger partial charge in [0.25, 0.3) is 0 Å². The topological polar surface area (TPSA) is 88.2 Å². The number of benzene rings is 1. The smallest absolute Gasteiger partial charge is 0.410 e. The summed E-state index contributed by atoms with van der Waals surface area (Å²) in [5.74, 6) is 0.700. The fourth-order valence-electron chi connectivity index (χ4n) is 1.26. The molecular weight excluding hydrogens is 218 g/mol. The summed E-state index contributed by atoms with van der Waals surface area (Å²) in [6.07, 6.45) is 1.68. The maximum Gasteiger partial charge on any atom is 0.412 e. The van der Waals surface area contributed by atoms with E-state index < -0.39 is 6.09 Å². The van der Waals surface area contributed by atoms with Crippen LogP contribution in [0.15, 0.2) is 30.3 Å². The zero-order valence-electron chi connectivity index (χ0n) is 9.61. The summed E-state index contributed by atoms with van der Waals surface area (Å²) in [5.41, 5.74) is 5.21. The fraction of sp³-hybridized carbons (Fsp3) is 0.333. The number of unbranched alkanes of at least 4 members (excludes halogenated alkanes) is 1. The number of amides is 1. The Labute approximate surface area is 100 Å². The van der Waals surface area contributed by atoms with Crippen molar-refractivity contribution >= 4 is 11.9 Å². The lowest BCUT2D eigenvalue weighted by Crippen LogP contribution is -2.27. The zero-order chi connectivity index (χ0) is 12.5. The molecule has 0 fully saturated rings. The number of carbonyl (C=O) groups excluding carboxylic acids is 1. The summed E-state index contributed by atoms with van der Waals surface area (Å²) in [7, 11) is 0. The van der Waals surface area contributed by atoms with Crippen LogP contribution < -0.4 is 15.8 Å². The molecule has 1 aromatic carbocycles. The Kier molecular flexibility index (Phi) is 5.57. The third-order valence-corrected chi connectivity index (χ3v) is 2.10. The van der Waals surface area contributed by atoms with Gasteiger partial charge in [-0.25, -0.2) is 4.79 Å². The molecular formula is C12H17N3O2. The largest absolute Gasteiger partial charge is 0.412 e. The second-order valence-corrected chi connectivity index (χ2v) is 3.61. The first-order chi connectivity index (χ1) is 8.18. The van der Waals surface area contributed by atoms with Crippen LogP contribution in [-0.4, -0.2) is 18.5 Å². The number of hydrogen-bond donors (Lipinski definition) is 3. The van der Waals surface area contributed by atoms with Gasteiger partial charge in [0.05, 0.1) is 5.84 Å². The molecule has 0 radical (unpaired) electrons. The summed E-state index contributed by atoms with van der Waals surface area (Å²) in [6, 6.07) is 8.89. The second kappa shape index (κ2) is 7.27. The van der Waals surface area contributed by atoms with Gasteiger partial charge in [0.2, 0.25) is 0 Å². The molecule has 0 bridgehead atoms. The quantitative estimate of drug-likeness (QED) is 0.399. The third-order valence-electron chi connectivity index (χ3n) is 2.10. The van der Waals surface area contributed by atoms with Crippen molar-refractivity contribution in [2.24, 2.45) is 5.73 Å². The highest BCUT2D eigenvalue weighted by molar-refractivity contribution is 5.76. The van der Waals surface area contributed by atoms with Gasteiger partial charge in [0, 0.05) is 13.0 Å². The standard InChI is InChI=1S/C12H17N3O2/c13-11(14)8-4-5-9-15-12(16)17-10-6-2-1-3-7-10/h1-3,6-7H,4-5,8-9H2,(H3,13,14)(H,15,16). The van der Waals surface area contributed by atoms with Gasteiger partial charge in [0.1, 0.15) is 5.75 Å². The second-order valence-electron chi connectivity index (χ2n) is 3.61. The molecule has 0 saturated carbocycles. The van der Waals surface area contributed by atoms with Gasteiger partial charge in [-0.15, -0.1) is 0 Å². The van der Waals surface area contributed by atoms with Crippen LogP contribution in [0.3, 0.4) is 0 Å². The highest BCUT2D eigenvalue weighted by Crippen LogP contribution is 2.07. The number of ether oxygens (including phenoxy) is 1. The molecule has 0 spiro atoms. The first-order valence-corrected chi connectivity index (χ1v) is 5.52. The molecule has 5 heteroatoms. The van der Waals surface area contributed by atoms with Crippen molar-refractivity contribution in [2.75, 3.05) is 6.54 Å². The molecule has 92 valence electrons.